The van der Waals surface area contributed by atoms with Gasteiger partial charge in [0, 0.05) is 25.6 Å². The Morgan fingerprint density at radius 2 is 1.70 bits per heavy atom. The zero-order valence-corrected chi connectivity index (χ0v) is 16.0. The third-order valence-electron chi connectivity index (χ3n) is 4.28. The fraction of sp³-hybridized carbons (Fsp3) is 0.333. The molecule has 0 bridgehead atoms. The summed E-state index contributed by atoms with van der Waals surface area (Å²) < 4.78 is 10.4. The normalized spacial score (nSPS) is 10.2. The second-order valence-corrected chi connectivity index (χ2v) is 6.13. The number of nitrogens with zero attached hydrogens (tertiary/aromatic N) is 1. The lowest BCUT2D eigenvalue weighted by atomic mass is 10.1. The van der Waals surface area contributed by atoms with Crippen LogP contribution in [0.5, 0.6) is 11.5 Å². The molecule has 2 aromatic rings. The van der Waals surface area contributed by atoms with E-state index in [9.17, 15) is 9.59 Å². The van der Waals surface area contributed by atoms with Gasteiger partial charge >= 0.3 is 0 Å². The van der Waals surface area contributed by atoms with Gasteiger partial charge in [-0.3, -0.25) is 9.59 Å². The Balaban J connectivity index is 1.86. The molecule has 0 aliphatic carbocycles. The van der Waals surface area contributed by atoms with Crippen molar-refractivity contribution in [2.24, 2.45) is 0 Å². The van der Waals surface area contributed by atoms with E-state index in [4.69, 9.17) is 9.47 Å². The number of hydrogen-bond donors (Lipinski definition) is 1. The van der Waals surface area contributed by atoms with E-state index < -0.39 is 0 Å². The molecule has 0 radical (unpaired) electrons. The molecule has 0 atom stereocenters. The van der Waals surface area contributed by atoms with Crippen molar-refractivity contribution in [1.29, 1.82) is 0 Å². The highest BCUT2D eigenvalue weighted by Gasteiger charge is 2.14. The smallest absolute Gasteiger partial charge is 0.239 e. The summed E-state index contributed by atoms with van der Waals surface area (Å²) in [6.07, 6.45) is 0.670. The van der Waals surface area contributed by atoms with Gasteiger partial charge in [0.2, 0.25) is 11.8 Å². The predicted octanol–water partition coefficient (Wildman–Crippen LogP) is 2.41. The fourth-order valence-corrected chi connectivity index (χ4v) is 2.68. The fourth-order valence-electron chi connectivity index (χ4n) is 2.68. The lowest BCUT2D eigenvalue weighted by Crippen LogP contribution is -2.40. The first-order valence-electron chi connectivity index (χ1n) is 8.80. The van der Waals surface area contributed by atoms with Crippen LogP contribution in [0.25, 0.3) is 0 Å². The van der Waals surface area contributed by atoms with Gasteiger partial charge in [-0.25, -0.2) is 0 Å². The number of ether oxygens (including phenoxy) is 2. The second kappa shape index (κ2) is 10.2. The van der Waals surface area contributed by atoms with Crippen LogP contribution in [0.2, 0.25) is 0 Å². The van der Waals surface area contributed by atoms with Crippen molar-refractivity contribution in [2.75, 3.05) is 27.3 Å². The number of benzene rings is 2. The van der Waals surface area contributed by atoms with Crippen LogP contribution in [-0.2, 0) is 22.6 Å². The van der Waals surface area contributed by atoms with E-state index in [2.05, 4.69) is 5.32 Å². The molecule has 0 spiro atoms. The number of nitrogens with one attached hydrogen (secondary N) is 1. The summed E-state index contributed by atoms with van der Waals surface area (Å²) in [6, 6.07) is 15.2. The van der Waals surface area contributed by atoms with Crippen LogP contribution in [0.3, 0.4) is 0 Å². The van der Waals surface area contributed by atoms with Gasteiger partial charge < -0.3 is 19.7 Å². The standard InChI is InChI=1S/C21H26N2O4/c1-16(24)23(13-12-17-8-10-19(26-2)11-9-17)15-21(25)22-14-18-6-4-5-7-20(18)27-3/h4-11H,12-15H2,1-3H3,(H,22,25). The minimum absolute atomic E-state index is 0.0284. The Labute approximate surface area is 160 Å². The first-order valence-corrected chi connectivity index (χ1v) is 8.80. The van der Waals surface area contributed by atoms with Crippen molar-refractivity contribution in [3.8, 4) is 11.5 Å². The molecule has 27 heavy (non-hydrogen) atoms. The highest BCUT2D eigenvalue weighted by Crippen LogP contribution is 2.16. The first-order chi connectivity index (χ1) is 13.0. The third-order valence-corrected chi connectivity index (χ3v) is 4.28. The van der Waals surface area contributed by atoms with E-state index >= 15 is 0 Å². The van der Waals surface area contributed by atoms with Gasteiger partial charge in [0.15, 0.2) is 0 Å². The van der Waals surface area contributed by atoms with E-state index in [1.807, 2.05) is 48.5 Å². The molecule has 0 aliphatic rings. The van der Waals surface area contributed by atoms with E-state index in [1.165, 1.54) is 6.92 Å². The van der Waals surface area contributed by atoms with Crippen LogP contribution in [0.15, 0.2) is 48.5 Å². The van der Waals surface area contributed by atoms with E-state index in [1.54, 1.807) is 19.1 Å². The lowest BCUT2D eigenvalue weighted by molar-refractivity contribution is -0.134. The molecule has 0 saturated heterocycles. The SMILES string of the molecule is COc1ccc(CCN(CC(=O)NCc2ccccc2OC)C(C)=O)cc1. The first kappa shape index (κ1) is 20.3. The Hall–Kier alpha value is -3.02. The molecule has 2 amide bonds. The van der Waals surface area contributed by atoms with Crippen molar-refractivity contribution >= 4 is 11.8 Å². The predicted molar refractivity (Wildman–Crippen MR) is 104 cm³/mol. The van der Waals surface area contributed by atoms with Gasteiger partial charge in [-0.15, -0.1) is 0 Å². The van der Waals surface area contributed by atoms with Gasteiger partial charge in [0.25, 0.3) is 0 Å². The van der Waals surface area contributed by atoms with Crippen LogP contribution in [0, 0.1) is 0 Å². The van der Waals surface area contributed by atoms with Gasteiger partial charge in [-0.05, 0) is 30.2 Å². The monoisotopic (exact) mass is 370 g/mol. The quantitative estimate of drug-likeness (QED) is 0.736. The molecule has 6 nitrogen and oxygen atoms in total. The highest BCUT2D eigenvalue weighted by molar-refractivity contribution is 5.83. The molecule has 0 unspecified atom stereocenters. The number of amides is 2. The summed E-state index contributed by atoms with van der Waals surface area (Å²) in [4.78, 5) is 25.7. The summed E-state index contributed by atoms with van der Waals surface area (Å²) in [6.45, 7) is 2.33. The third kappa shape index (κ3) is 6.33. The molecule has 0 aromatic heterocycles. The topological polar surface area (TPSA) is 67.9 Å². The zero-order valence-electron chi connectivity index (χ0n) is 16.0. The molecule has 0 fully saturated rings. The molecular formula is C21H26N2O4. The van der Waals surface area contributed by atoms with Gasteiger partial charge in [-0.1, -0.05) is 30.3 Å². The molecule has 1 N–H and O–H groups in total. The largest absolute Gasteiger partial charge is 0.497 e. The molecule has 144 valence electrons. The number of para-hydroxylation sites is 1. The van der Waals surface area contributed by atoms with Crippen LogP contribution >= 0.6 is 0 Å². The highest BCUT2D eigenvalue weighted by atomic mass is 16.5. The average Bonchev–Trinajstić information content (AvgIpc) is 2.69. The maximum Gasteiger partial charge on any atom is 0.239 e. The van der Waals surface area contributed by atoms with Crippen molar-refractivity contribution in [3.05, 3.63) is 59.7 Å². The maximum absolute atomic E-state index is 12.3. The molecule has 0 aliphatic heterocycles. The number of rotatable bonds is 9. The lowest BCUT2D eigenvalue weighted by Gasteiger charge is -2.21. The van der Waals surface area contributed by atoms with Gasteiger partial charge in [0.1, 0.15) is 11.5 Å². The Bertz CT molecular complexity index is 759. The minimum Gasteiger partial charge on any atom is -0.497 e. The molecular weight excluding hydrogens is 344 g/mol. The van der Waals surface area contributed by atoms with Crippen LogP contribution in [-0.4, -0.2) is 44.0 Å². The van der Waals surface area contributed by atoms with Gasteiger partial charge in [-0.2, -0.15) is 0 Å². The summed E-state index contributed by atoms with van der Waals surface area (Å²) in [5.74, 6) is 1.18. The van der Waals surface area contributed by atoms with Gasteiger partial charge in [0.05, 0.1) is 20.8 Å². The Morgan fingerprint density at radius 3 is 2.33 bits per heavy atom. The average molecular weight is 370 g/mol. The van der Waals surface area contributed by atoms with Crippen molar-refractivity contribution in [1.82, 2.24) is 10.2 Å². The minimum atomic E-state index is -0.203. The number of methoxy groups -OCH3 is 2. The Kier molecular flexibility index (Phi) is 7.67. The molecule has 2 rings (SSSR count). The second-order valence-electron chi connectivity index (χ2n) is 6.13. The molecule has 0 heterocycles. The maximum atomic E-state index is 12.3. The summed E-state index contributed by atoms with van der Waals surface area (Å²) in [5.41, 5.74) is 1.97. The number of carbonyl (C=O) groups excluding carboxylic acids is 2. The number of hydrogen-bond acceptors (Lipinski definition) is 4. The van der Waals surface area contributed by atoms with Crippen LogP contribution in [0.1, 0.15) is 18.1 Å². The summed E-state index contributed by atoms with van der Waals surface area (Å²) >= 11 is 0. The van der Waals surface area contributed by atoms with E-state index in [0.717, 1.165) is 22.6 Å². The molecule has 0 saturated carbocycles. The zero-order chi connectivity index (χ0) is 19.6. The van der Waals surface area contributed by atoms with Crippen molar-refractivity contribution < 1.29 is 19.1 Å². The van der Waals surface area contributed by atoms with Crippen molar-refractivity contribution in [2.45, 2.75) is 19.9 Å². The summed E-state index contributed by atoms with van der Waals surface area (Å²) in [7, 11) is 3.22. The van der Waals surface area contributed by atoms with Crippen LogP contribution in [0.4, 0.5) is 0 Å². The van der Waals surface area contributed by atoms with E-state index in [0.29, 0.717) is 19.5 Å². The van der Waals surface area contributed by atoms with E-state index in [-0.39, 0.29) is 18.4 Å². The van der Waals surface area contributed by atoms with Crippen molar-refractivity contribution in [3.63, 3.8) is 0 Å². The Morgan fingerprint density at radius 1 is 1.00 bits per heavy atom. The van der Waals surface area contributed by atoms with Crippen LogP contribution < -0.4 is 14.8 Å². The molecule has 2 aromatic carbocycles. The number of carbonyl (C=O) groups is 2. The summed E-state index contributed by atoms with van der Waals surface area (Å²) in [5, 5.41) is 2.84. The molecule has 6 heteroatoms.